The van der Waals surface area contributed by atoms with Gasteiger partial charge in [0.2, 0.25) is 0 Å². The molecule has 134 valence electrons. The number of rotatable bonds is 5. The Morgan fingerprint density at radius 2 is 2.15 bits per heavy atom. The van der Waals surface area contributed by atoms with Crippen molar-refractivity contribution in [3.05, 3.63) is 65.7 Å². The Kier molecular flexibility index (Phi) is 4.77. The first-order chi connectivity index (χ1) is 12.8. The van der Waals surface area contributed by atoms with Crippen LogP contribution in [0.1, 0.15) is 34.5 Å². The summed E-state index contributed by atoms with van der Waals surface area (Å²) < 4.78 is 1.91. The summed E-state index contributed by atoms with van der Waals surface area (Å²) in [7, 11) is 0. The van der Waals surface area contributed by atoms with Gasteiger partial charge in [0.15, 0.2) is 0 Å². The van der Waals surface area contributed by atoms with E-state index in [0.29, 0.717) is 11.5 Å². The lowest BCUT2D eigenvalue weighted by Crippen LogP contribution is -2.41. The van der Waals surface area contributed by atoms with Gasteiger partial charge in [-0.05, 0) is 24.3 Å². The Balaban J connectivity index is 1.36. The fourth-order valence-corrected chi connectivity index (χ4v) is 3.53. The fraction of sp³-hybridized carbons (Fsp3) is 0.368. The van der Waals surface area contributed by atoms with Crippen LogP contribution in [0, 0.1) is 5.92 Å². The molecule has 1 aromatic carbocycles. The third kappa shape index (κ3) is 3.82. The molecule has 1 aliphatic heterocycles. The first-order valence-corrected chi connectivity index (χ1v) is 8.99. The lowest BCUT2D eigenvalue weighted by molar-refractivity contribution is 0.0659. The monoisotopic (exact) mass is 350 g/mol. The quantitative estimate of drug-likeness (QED) is 0.765. The Morgan fingerprint density at radius 3 is 2.96 bits per heavy atom. The molecular weight excluding hydrogens is 328 g/mol. The van der Waals surface area contributed by atoms with Crippen molar-refractivity contribution in [3.63, 3.8) is 0 Å². The minimum Gasteiger partial charge on any atom is -0.338 e. The molecule has 26 heavy (non-hydrogen) atoms. The first kappa shape index (κ1) is 16.5. The molecule has 1 aliphatic rings. The van der Waals surface area contributed by atoms with E-state index in [1.807, 2.05) is 34.0 Å². The van der Waals surface area contributed by atoms with Crippen LogP contribution in [0.5, 0.6) is 0 Å². The molecule has 4 rings (SSSR count). The number of nitrogens with zero attached hydrogens (tertiary/aromatic N) is 5. The molecule has 1 atom stereocenters. The molecule has 0 spiro atoms. The van der Waals surface area contributed by atoms with Gasteiger partial charge < -0.3 is 4.90 Å². The second-order valence-electron chi connectivity index (χ2n) is 6.84. The van der Waals surface area contributed by atoms with Crippen molar-refractivity contribution in [2.24, 2.45) is 5.92 Å². The zero-order valence-corrected chi connectivity index (χ0v) is 14.6. The SMILES string of the molecule is O=C(c1cn[nH]c1)N1CCCC(Cn2cc(Cc3ccccc3)nn2)C1. The van der Waals surface area contributed by atoms with E-state index in [2.05, 4.69) is 32.6 Å². The number of amides is 1. The van der Waals surface area contributed by atoms with Crippen molar-refractivity contribution >= 4 is 5.91 Å². The topological polar surface area (TPSA) is 79.7 Å². The van der Waals surface area contributed by atoms with Crippen molar-refractivity contribution in [1.29, 1.82) is 0 Å². The van der Waals surface area contributed by atoms with Gasteiger partial charge in [-0.25, -0.2) is 0 Å². The van der Waals surface area contributed by atoms with Gasteiger partial charge in [-0.15, -0.1) is 5.10 Å². The summed E-state index contributed by atoms with van der Waals surface area (Å²) in [6.07, 6.45) is 8.15. The molecule has 1 fully saturated rings. The molecule has 3 heterocycles. The standard InChI is InChI=1S/C19H22N6O/c26-19(17-10-20-21-11-17)24-8-4-7-16(12-24)13-25-14-18(22-23-25)9-15-5-2-1-3-6-15/h1-3,5-6,10-11,14,16H,4,7-9,12-13H2,(H,20,21). The van der Waals surface area contributed by atoms with Gasteiger partial charge in [0, 0.05) is 38.4 Å². The van der Waals surface area contributed by atoms with Crippen LogP contribution in [0.3, 0.4) is 0 Å². The Morgan fingerprint density at radius 1 is 1.27 bits per heavy atom. The van der Waals surface area contributed by atoms with E-state index < -0.39 is 0 Å². The van der Waals surface area contributed by atoms with Gasteiger partial charge in [-0.2, -0.15) is 5.10 Å². The maximum absolute atomic E-state index is 12.5. The second kappa shape index (κ2) is 7.51. The Hall–Kier alpha value is -2.96. The van der Waals surface area contributed by atoms with Crippen LogP contribution in [-0.2, 0) is 13.0 Å². The van der Waals surface area contributed by atoms with Crippen LogP contribution < -0.4 is 0 Å². The van der Waals surface area contributed by atoms with Gasteiger partial charge in [0.1, 0.15) is 0 Å². The number of H-pyrrole nitrogens is 1. The number of hydrogen-bond donors (Lipinski definition) is 1. The molecular formula is C19H22N6O. The van der Waals surface area contributed by atoms with E-state index in [1.54, 1.807) is 12.4 Å². The molecule has 2 aromatic heterocycles. The zero-order valence-electron chi connectivity index (χ0n) is 14.6. The highest BCUT2D eigenvalue weighted by atomic mass is 16.2. The molecule has 7 heteroatoms. The molecule has 0 bridgehead atoms. The van der Waals surface area contributed by atoms with E-state index >= 15 is 0 Å². The van der Waals surface area contributed by atoms with Crippen molar-refractivity contribution in [1.82, 2.24) is 30.1 Å². The molecule has 0 saturated carbocycles. The van der Waals surface area contributed by atoms with E-state index in [1.165, 1.54) is 5.56 Å². The summed E-state index contributed by atoms with van der Waals surface area (Å²) in [4.78, 5) is 14.4. The smallest absolute Gasteiger partial charge is 0.257 e. The fourth-order valence-electron chi connectivity index (χ4n) is 3.53. The zero-order chi connectivity index (χ0) is 17.8. The van der Waals surface area contributed by atoms with E-state index in [9.17, 15) is 4.79 Å². The van der Waals surface area contributed by atoms with Crippen LogP contribution in [-0.4, -0.2) is 49.1 Å². The molecule has 1 saturated heterocycles. The molecule has 3 aromatic rings. The number of piperidine rings is 1. The maximum atomic E-state index is 12.5. The number of carbonyl (C=O) groups is 1. The molecule has 7 nitrogen and oxygen atoms in total. The van der Waals surface area contributed by atoms with Gasteiger partial charge >= 0.3 is 0 Å². The van der Waals surface area contributed by atoms with Crippen LogP contribution in [0.25, 0.3) is 0 Å². The average molecular weight is 350 g/mol. The highest BCUT2D eigenvalue weighted by Gasteiger charge is 2.25. The number of benzene rings is 1. The van der Waals surface area contributed by atoms with Gasteiger partial charge in [-0.3, -0.25) is 14.6 Å². The minimum absolute atomic E-state index is 0.0480. The van der Waals surface area contributed by atoms with Crippen LogP contribution in [0.15, 0.2) is 48.9 Å². The number of aromatic nitrogens is 5. The van der Waals surface area contributed by atoms with Gasteiger partial charge in [-0.1, -0.05) is 35.5 Å². The summed E-state index contributed by atoms with van der Waals surface area (Å²) in [5.74, 6) is 0.442. The third-order valence-corrected chi connectivity index (χ3v) is 4.81. The molecule has 1 unspecified atom stereocenters. The van der Waals surface area contributed by atoms with E-state index in [4.69, 9.17) is 0 Å². The largest absolute Gasteiger partial charge is 0.338 e. The predicted molar refractivity (Wildman–Crippen MR) is 96.5 cm³/mol. The highest BCUT2D eigenvalue weighted by molar-refractivity contribution is 5.93. The number of likely N-dealkylation sites (tertiary alicyclic amines) is 1. The number of nitrogens with one attached hydrogen (secondary N) is 1. The maximum Gasteiger partial charge on any atom is 0.257 e. The minimum atomic E-state index is 0.0480. The molecule has 1 N–H and O–H groups in total. The van der Waals surface area contributed by atoms with Crippen molar-refractivity contribution in [2.45, 2.75) is 25.8 Å². The highest BCUT2D eigenvalue weighted by Crippen LogP contribution is 2.20. The Labute approximate surface area is 152 Å². The van der Waals surface area contributed by atoms with Crippen LogP contribution >= 0.6 is 0 Å². The summed E-state index contributed by atoms with van der Waals surface area (Å²) in [5.41, 5.74) is 2.82. The summed E-state index contributed by atoms with van der Waals surface area (Å²) in [6.45, 7) is 2.34. The van der Waals surface area contributed by atoms with Crippen LogP contribution in [0.4, 0.5) is 0 Å². The summed E-state index contributed by atoms with van der Waals surface area (Å²) >= 11 is 0. The predicted octanol–water partition coefficient (Wildman–Crippen LogP) is 2.14. The molecule has 0 aliphatic carbocycles. The Bertz CT molecular complexity index is 842. The summed E-state index contributed by atoms with van der Waals surface area (Å²) in [6, 6.07) is 10.3. The first-order valence-electron chi connectivity index (χ1n) is 8.99. The van der Waals surface area contributed by atoms with Crippen molar-refractivity contribution in [3.8, 4) is 0 Å². The lowest BCUT2D eigenvalue weighted by atomic mass is 9.97. The third-order valence-electron chi connectivity index (χ3n) is 4.81. The normalized spacial score (nSPS) is 17.4. The lowest BCUT2D eigenvalue weighted by Gasteiger charge is -2.32. The number of carbonyl (C=O) groups excluding carboxylic acids is 1. The summed E-state index contributed by atoms with van der Waals surface area (Å²) in [5, 5.41) is 15.1. The van der Waals surface area contributed by atoms with Crippen LogP contribution in [0.2, 0.25) is 0 Å². The van der Waals surface area contributed by atoms with Gasteiger partial charge in [0.05, 0.1) is 17.5 Å². The average Bonchev–Trinajstić information content (AvgIpc) is 3.35. The number of aromatic amines is 1. The number of hydrogen-bond acceptors (Lipinski definition) is 4. The van der Waals surface area contributed by atoms with E-state index in [0.717, 1.165) is 44.6 Å². The van der Waals surface area contributed by atoms with E-state index in [-0.39, 0.29) is 5.91 Å². The molecule has 1 amide bonds. The van der Waals surface area contributed by atoms with Crippen molar-refractivity contribution < 1.29 is 4.79 Å². The van der Waals surface area contributed by atoms with Crippen molar-refractivity contribution in [2.75, 3.05) is 13.1 Å². The molecule has 0 radical (unpaired) electrons. The second-order valence-corrected chi connectivity index (χ2v) is 6.84. The van der Waals surface area contributed by atoms with Gasteiger partial charge in [0.25, 0.3) is 5.91 Å².